The number of amides is 2. The Morgan fingerprint density at radius 3 is 2.16 bits per heavy atom. The number of benzene rings is 2. The highest BCUT2D eigenvalue weighted by Gasteiger charge is 2.34. The van der Waals surface area contributed by atoms with Crippen LogP contribution in [0.4, 0.5) is 0 Å². The molecular weight excluding hydrogens is 560 g/mol. The molecule has 1 saturated heterocycles. The van der Waals surface area contributed by atoms with Crippen molar-refractivity contribution in [2.24, 2.45) is 7.05 Å². The van der Waals surface area contributed by atoms with Crippen molar-refractivity contribution >= 4 is 17.9 Å². The van der Waals surface area contributed by atoms with Crippen molar-refractivity contribution in [1.82, 2.24) is 29.5 Å². The zero-order valence-electron chi connectivity index (χ0n) is 27.1. The molecule has 8 nitrogen and oxygen atoms in total. The van der Waals surface area contributed by atoms with Crippen LogP contribution in [0.15, 0.2) is 85.2 Å². The molecule has 0 aliphatic carbocycles. The van der Waals surface area contributed by atoms with Crippen molar-refractivity contribution in [2.75, 3.05) is 27.2 Å². The average molecular weight is 605 g/mol. The van der Waals surface area contributed by atoms with E-state index in [1.807, 2.05) is 91.2 Å². The van der Waals surface area contributed by atoms with Crippen molar-refractivity contribution in [3.63, 3.8) is 0 Å². The Kier molecular flexibility index (Phi) is 10.2. The van der Waals surface area contributed by atoms with Gasteiger partial charge in [0.25, 0.3) is 0 Å². The monoisotopic (exact) mass is 604 g/mol. The number of aryl methyl sites for hydroxylation is 2. The van der Waals surface area contributed by atoms with E-state index in [9.17, 15) is 9.59 Å². The van der Waals surface area contributed by atoms with E-state index < -0.39 is 6.04 Å². The van der Waals surface area contributed by atoms with Gasteiger partial charge in [0.05, 0.1) is 5.69 Å². The van der Waals surface area contributed by atoms with E-state index >= 15 is 0 Å². The molecule has 0 saturated carbocycles. The topological polar surface area (TPSA) is 74.6 Å². The van der Waals surface area contributed by atoms with Crippen LogP contribution in [-0.4, -0.2) is 80.5 Å². The molecule has 1 aliphatic rings. The zero-order chi connectivity index (χ0) is 31.9. The Hall–Kier alpha value is -4.56. The van der Waals surface area contributed by atoms with Gasteiger partial charge in [0.2, 0.25) is 11.8 Å². The Morgan fingerprint density at radius 2 is 1.56 bits per heavy atom. The number of pyridine rings is 1. The quantitative estimate of drug-likeness (QED) is 0.230. The molecule has 2 aromatic heterocycles. The number of hydrogen-bond donors (Lipinski definition) is 0. The summed E-state index contributed by atoms with van der Waals surface area (Å²) < 4.78 is 1.82. The summed E-state index contributed by atoms with van der Waals surface area (Å²) in [7, 11) is 6.09. The largest absolute Gasteiger partial charge is 0.341 e. The summed E-state index contributed by atoms with van der Waals surface area (Å²) >= 11 is 0. The van der Waals surface area contributed by atoms with Gasteiger partial charge in [-0.25, -0.2) is 0 Å². The van der Waals surface area contributed by atoms with Gasteiger partial charge in [0.15, 0.2) is 0 Å². The molecule has 45 heavy (non-hydrogen) atoms. The number of likely N-dealkylation sites (tertiary alicyclic amines) is 1. The summed E-state index contributed by atoms with van der Waals surface area (Å²) in [5, 5.41) is 4.51. The molecule has 8 heteroatoms. The lowest BCUT2D eigenvalue weighted by molar-refractivity contribution is -0.145. The third-order valence-electron chi connectivity index (χ3n) is 9.00. The molecule has 0 N–H and O–H groups in total. The highest BCUT2D eigenvalue weighted by atomic mass is 16.2. The van der Waals surface area contributed by atoms with Crippen LogP contribution in [0.25, 0.3) is 17.2 Å². The smallest absolute Gasteiger partial charge is 0.247 e. The van der Waals surface area contributed by atoms with Crippen molar-refractivity contribution in [3.8, 4) is 11.1 Å². The van der Waals surface area contributed by atoms with E-state index in [0.717, 1.165) is 52.0 Å². The summed E-state index contributed by atoms with van der Waals surface area (Å²) in [6.07, 6.45) is 9.28. The first kappa shape index (κ1) is 31.9. The molecule has 0 bridgehead atoms. The Morgan fingerprint density at radius 1 is 0.911 bits per heavy atom. The second-order valence-corrected chi connectivity index (χ2v) is 12.2. The fourth-order valence-electron chi connectivity index (χ4n) is 6.15. The van der Waals surface area contributed by atoms with Crippen molar-refractivity contribution in [1.29, 1.82) is 0 Å². The minimum Gasteiger partial charge on any atom is -0.341 e. The maximum Gasteiger partial charge on any atom is 0.247 e. The van der Waals surface area contributed by atoms with Gasteiger partial charge in [-0.05, 0) is 81.2 Å². The molecule has 234 valence electrons. The van der Waals surface area contributed by atoms with Gasteiger partial charge in [-0.15, -0.1) is 0 Å². The van der Waals surface area contributed by atoms with E-state index in [4.69, 9.17) is 0 Å². The highest BCUT2D eigenvalue weighted by molar-refractivity contribution is 5.96. The summed E-state index contributed by atoms with van der Waals surface area (Å²) in [6, 6.07) is 22.0. The number of aromatic nitrogens is 3. The summed E-state index contributed by atoms with van der Waals surface area (Å²) in [4.78, 5) is 38.7. The van der Waals surface area contributed by atoms with Crippen LogP contribution >= 0.6 is 0 Å². The second-order valence-electron chi connectivity index (χ2n) is 12.2. The van der Waals surface area contributed by atoms with Crippen LogP contribution in [0.2, 0.25) is 0 Å². The van der Waals surface area contributed by atoms with Gasteiger partial charge in [0.1, 0.15) is 6.04 Å². The van der Waals surface area contributed by atoms with E-state index in [1.54, 1.807) is 23.4 Å². The third-order valence-corrected chi connectivity index (χ3v) is 9.00. The zero-order valence-corrected chi connectivity index (χ0v) is 27.1. The Balaban J connectivity index is 1.49. The predicted molar refractivity (Wildman–Crippen MR) is 179 cm³/mol. The minimum atomic E-state index is -0.656. The molecule has 3 heterocycles. The molecule has 0 spiro atoms. The first-order chi connectivity index (χ1) is 21.7. The van der Waals surface area contributed by atoms with E-state index in [1.165, 1.54) is 0 Å². The van der Waals surface area contributed by atoms with Crippen LogP contribution in [-0.2, 0) is 29.6 Å². The second kappa shape index (κ2) is 14.5. The van der Waals surface area contributed by atoms with Gasteiger partial charge in [-0.1, -0.05) is 54.6 Å². The van der Waals surface area contributed by atoms with Gasteiger partial charge in [-0.3, -0.25) is 19.3 Å². The highest BCUT2D eigenvalue weighted by Crippen LogP contribution is 2.24. The minimum absolute atomic E-state index is 0.0000428. The Labute approximate surface area is 267 Å². The van der Waals surface area contributed by atoms with Crippen LogP contribution in [0.1, 0.15) is 40.9 Å². The summed E-state index contributed by atoms with van der Waals surface area (Å²) in [5.41, 5.74) is 6.89. The summed E-state index contributed by atoms with van der Waals surface area (Å²) in [5.74, 6) is -0.201. The standard InChI is InChI=1S/C37H44N6O2/c1-27-34(28(2)41(5)39-27)15-16-36(44)43(26-30-11-13-31(14-12-30)32-17-21-38-22-18-32)35(25-29-9-7-6-8-10-29)37(45)42-23-19-33(20-24-42)40(3)4/h6-18,21-22,33,35H,19-20,23-26H2,1-5H3/t35-/m0/s1. The SMILES string of the molecule is Cc1nn(C)c(C)c1C=CC(=O)N(Cc1ccc(-c2ccncc2)cc1)[C@@H](Cc1ccccc1)C(=O)N1CCC(N(C)C)CC1. The van der Waals surface area contributed by atoms with Crippen LogP contribution in [0, 0.1) is 13.8 Å². The Bertz CT molecular complexity index is 1600. The molecular formula is C37H44N6O2. The molecule has 1 aliphatic heterocycles. The van der Waals surface area contributed by atoms with Gasteiger partial charge < -0.3 is 14.7 Å². The molecule has 2 amide bonds. The number of hydrogen-bond acceptors (Lipinski definition) is 5. The molecule has 5 rings (SSSR count). The fraction of sp³-hybridized carbons (Fsp3) is 0.351. The molecule has 4 aromatic rings. The normalized spacial score (nSPS) is 14.7. The number of carbonyl (C=O) groups is 2. The lowest BCUT2D eigenvalue weighted by Gasteiger charge is -2.39. The summed E-state index contributed by atoms with van der Waals surface area (Å²) in [6.45, 7) is 5.60. The van der Waals surface area contributed by atoms with E-state index in [0.29, 0.717) is 32.1 Å². The van der Waals surface area contributed by atoms with E-state index in [2.05, 4.69) is 41.2 Å². The maximum absolute atomic E-state index is 14.4. The van der Waals surface area contributed by atoms with Crippen molar-refractivity contribution < 1.29 is 9.59 Å². The van der Waals surface area contributed by atoms with Crippen molar-refractivity contribution in [3.05, 3.63) is 113 Å². The van der Waals surface area contributed by atoms with Crippen LogP contribution in [0.5, 0.6) is 0 Å². The molecule has 0 unspecified atom stereocenters. The first-order valence-electron chi connectivity index (χ1n) is 15.7. The number of rotatable bonds is 10. The molecule has 1 fully saturated rings. The molecule has 2 aromatic carbocycles. The van der Waals surface area contributed by atoms with Gasteiger partial charge in [0, 0.05) is 68.9 Å². The third kappa shape index (κ3) is 7.75. The lowest BCUT2D eigenvalue weighted by atomic mass is 9.98. The first-order valence-corrected chi connectivity index (χ1v) is 15.7. The number of carbonyl (C=O) groups excluding carboxylic acids is 2. The van der Waals surface area contributed by atoms with Crippen LogP contribution in [0.3, 0.4) is 0 Å². The lowest BCUT2D eigenvalue weighted by Crippen LogP contribution is -2.54. The van der Waals surface area contributed by atoms with Crippen LogP contribution < -0.4 is 0 Å². The predicted octanol–water partition coefficient (Wildman–Crippen LogP) is 5.30. The van der Waals surface area contributed by atoms with Crippen molar-refractivity contribution in [2.45, 2.75) is 51.7 Å². The van der Waals surface area contributed by atoms with E-state index in [-0.39, 0.29) is 11.8 Å². The maximum atomic E-state index is 14.4. The average Bonchev–Trinajstić information content (AvgIpc) is 3.31. The molecule has 1 atom stereocenters. The number of piperidine rings is 1. The molecule has 0 radical (unpaired) electrons. The van der Waals surface area contributed by atoms with Gasteiger partial charge >= 0.3 is 0 Å². The number of nitrogens with zero attached hydrogens (tertiary/aromatic N) is 6. The fourth-order valence-corrected chi connectivity index (χ4v) is 6.15. The van der Waals surface area contributed by atoms with Gasteiger partial charge in [-0.2, -0.15) is 5.10 Å².